The average Bonchev–Trinajstić information content (AvgIpc) is 2.44. The third-order valence-electron chi connectivity index (χ3n) is 3.22. The van der Waals surface area contributed by atoms with Gasteiger partial charge in [0.1, 0.15) is 5.82 Å². The number of rotatable bonds is 4. The molecule has 0 bridgehead atoms. The predicted octanol–water partition coefficient (Wildman–Crippen LogP) is 4.70. The molecule has 0 fully saturated rings. The molecule has 0 aliphatic heterocycles. The van der Waals surface area contributed by atoms with E-state index in [1.807, 2.05) is 6.92 Å². The van der Waals surface area contributed by atoms with Gasteiger partial charge < -0.3 is 5.32 Å². The van der Waals surface area contributed by atoms with Gasteiger partial charge in [0.25, 0.3) is 0 Å². The molecule has 1 N–H and O–H groups in total. The van der Waals surface area contributed by atoms with E-state index in [0.717, 1.165) is 17.7 Å². The van der Waals surface area contributed by atoms with Crippen molar-refractivity contribution < 1.29 is 17.6 Å². The molecule has 2 rings (SSSR count). The van der Waals surface area contributed by atoms with Crippen molar-refractivity contribution in [3.63, 3.8) is 0 Å². The summed E-state index contributed by atoms with van der Waals surface area (Å²) in [6.45, 7) is 2.12. The minimum absolute atomic E-state index is 0.157. The minimum Gasteiger partial charge on any atom is -0.306 e. The lowest BCUT2D eigenvalue weighted by atomic mass is 10.1. The lowest BCUT2D eigenvalue weighted by Gasteiger charge is -2.15. The van der Waals surface area contributed by atoms with Crippen LogP contribution in [0.5, 0.6) is 0 Å². The standard InChI is InChI=1S/C16H15F4N/c1-11(13-5-3-7-15(17)9-13)21-10-12-4-2-6-14(8-12)16(18,19)20/h2-9,11,21H,10H2,1H3. The molecule has 0 saturated carbocycles. The van der Waals surface area contributed by atoms with Gasteiger partial charge in [0.2, 0.25) is 0 Å². The van der Waals surface area contributed by atoms with Crippen LogP contribution >= 0.6 is 0 Å². The fourth-order valence-electron chi connectivity index (χ4n) is 2.02. The van der Waals surface area contributed by atoms with Crippen molar-refractivity contribution in [2.45, 2.75) is 25.7 Å². The van der Waals surface area contributed by atoms with Gasteiger partial charge in [-0.05, 0) is 36.2 Å². The second-order valence-electron chi connectivity index (χ2n) is 4.86. The quantitative estimate of drug-likeness (QED) is 0.807. The second kappa shape index (κ2) is 6.26. The Labute approximate surface area is 120 Å². The molecule has 0 spiro atoms. The molecule has 0 aliphatic rings. The van der Waals surface area contributed by atoms with E-state index in [-0.39, 0.29) is 18.4 Å². The van der Waals surface area contributed by atoms with Crippen molar-refractivity contribution in [1.29, 1.82) is 0 Å². The SMILES string of the molecule is CC(NCc1cccc(C(F)(F)F)c1)c1cccc(F)c1. The monoisotopic (exact) mass is 297 g/mol. The Balaban J connectivity index is 2.03. The zero-order valence-electron chi connectivity index (χ0n) is 11.4. The molecular weight excluding hydrogens is 282 g/mol. The summed E-state index contributed by atoms with van der Waals surface area (Å²) in [5.41, 5.74) is 0.621. The lowest BCUT2D eigenvalue weighted by molar-refractivity contribution is -0.137. The van der Waals surface area contributed by atoms with Crippen LogP contribution in [0.4, 0.5) is 17.6 Å². The molecule has 0 radical (unpaired) electrons. The summed E-state index contributed by atoms with van der Waals surface area (Å²) in [5.74, 6) is -0.333. The molecule has 0 aromatic heterocycles. The van der Waals surface area contributed by atoms with Gasteiger partial charge in [-0.1, -0.05) is 30.3 Å². The van der Waals surface area contributed by atoms with E-state index in [9.17, 15) is 17.6 Å². The van der Waals surface area contributed by atoms with E-state index >= 15 is 0 Å². The Morgan fingerprint density at radius 3 is 2.43 bits per heavy atom. The fourth-order valence-corrected chi connectivity index (χ4v) is 2.02. The Hall–Kier alpha value is -1.88. The molecule has 5 heteroatoms. The van der Waals surface area contributed by atoms with E-state index < -0.39 is 11.7 Å². The first-order chi connectivity index (χ1) is 9.86. The molecule has 1 atom stereocenters. The molecule has 112 valence electrons. The molecule has 2 aromatic carbocycles. The summed E-state index contributed by atoms with van der Waals surface area (Å²) in [6, 6.07) is 11.1. The van der Waals surface area contributed by atoms with Crippen LogP contribution in [0.25, 0.3) is 0 Å². The predicted molar refractivity (Wildman–Crippen MR) is 73.1 cm³/mol. The van der Waals surface area contributed by atoms with Crippen molar-refractivity contribution in [2.75, 3.05) is 0 Å². The molecule has 0 aliphatic carbocycles. The maximum Gasteiger partial charge on any atom is 0.416 e. The molecule has 1 nitrogen and oxygen atoms in total. The fraction of sp³-hybridized carbons (Fsp3) is 0.250. The van der Waals surface area contributed by atoms with Gasteiger partial charge in [0.15, 0.2) is 0 Å². The maximum atomic E-state index is 13.1. The normalized spacial score (nSPS) is 13.2. The summed E-state index contributed by atoms with van der Waals surface area (Å²) in [5, 5.41) is 3.09. The van der Waals surface area contributed by atoms with Crippen LogP contribution in [0, 0.1) is 5.82 Å². The van der Waals surface area contributed by atoms with Crippen LogP contribution in [0.15, 0.2) is 48.5 Å². The maximum absolute atomic E-state index is 13.1. The first kappa shape index (κ1) is 15.5. The first-order valence-corrected chi connectivity index (χ1v) is 6.51. The summed E-state index contributed by atoms with van der Waals surface area (Å²) < 4.78 is 51.0. The Kier molecular flexibility index (Phi) is 4.63. The average molecular weight is 297 g/mol. The van der Waals surface area contributed by atoms with Crippen LogP contribution in [-0.2, 0) is 12.7 Å². The molecule has 1 unspecified atom stereocenters. The number of halogens is 4. The Bertz CT molecular complexity index is 607. The summed E-state index contributed by atoms with van der Waals surface area (Å²) in [4.78, 5) is 0. The van der Waals surface area contributed by atoms with Gasteiger partial charge in [0.05, 0.1) is 5.56 Å². The second-order valence-corrected chi connectivity index (χ2v) is 4.86. The minimum atomic E-state index is -4.34. The molecule has 0 saturated heterocycles. The number of hydrogen-bond donors (Lipinski definition) is 1. The van der Waals surface area contributed by atoms with Crippen molar-refractivity contribution in [1.82, 2.24) is 5.32 Å². The van der Waals surface area contributed by atoms with Gasteiger partial charge in [-0.15, -0.1) is 0 Å². The van der Waals surface area contributed by atoms with E-state index in [2.05, 4.69) is 5.32 Å². The largest absolute Gasteiger partial charge is 0.416 e. The van der Waals surface area contributed by atoms with Crippen molar-refractivity contribution in [2.24, 2.45) is 0 Å². The van der Waals surface area contributed by atoms with Crippen LogP contribution < -0.4 is 5.32 Å². The number of nitrogens with one attached hydrogen (secondary N) is 1. The summed E-state index contributed by atoms with van der Waals surface area (Å²) in [6.07, 6.45) is -4.34. The highest BCUT2D eigenvalue weighted by molar-refractivity contribution is 5.26. The van der Waals surface area contributed by atoms with Gasteiger partial charge in [-0.2, -0.15) is 13.2 Å². The molecular formula is C16H15F4N. The van der Waals surface area contributed by atoms with Crippen molar-refractivity contribution in [3.8, 4) is 0 Å². The number of alkyl halides is 3. The molecule has 0 amide bonds. The van der Waals surface area contributed by atoms with Crippen molar-refractivity contribution >= 4 is 0 Å². The van der Waals surface area contributed by atoms with Crippen LogP contribution in [-0.4, -0.2) is 0 Å². The van der Waals surface area contributed by atoms with Gasteiger partial charge >= 0.3 is 6.18 Å². The van der Waals surface area contributed by atoms with Crippen LogP contribution in [0.3, 0.4) is 0 Å². The third kappa shape index (κ3) is 4.29. The lowest BCUT2D eigenvalue weighted by Crippen LogP contribution is -2.18. The summed E-state index contributed by atoms with van der Waals surface area (Å²) >= 11 is 0. The first-order valence-electron chi connectivity index (χ1n) is 6.51. The van der Waals surface area contributed by atoms with E-state index in [0.29, 0.717) is 5.56 Å². The van der Waals surface area contributed by atoms with E-state index in [1.54, 1.807) is 18.2 Å². The van der Waals surface area contributed by atoms with Crippen molar-refractivity contribution in [3.05, 3.63) is 71.0 Å². The molecule has 0 heterocycles. The summed E-state index contributed by atoms with van der Waals surface area (Å²) in [7, 11) is 0. The smallest absolute Gasteiger partial charge is 0.306 e. The zero-order chi connectivity index (χ0) is 15.5. The van der Waals surface area contributed by atoms with Gasteiger partial charge in [-0.25, -0.2) is 4.39 Å². The van der Waals surface area contributed by atoms with Crippen LogP contribution in [0.1, 0.15) is 29.7 Å². The Morgan fingerprint density at radius 2 is 1.76 bits per heavy atom. The highest BCUT2D eigenvalue weighted by Gasteiger charge is 2.30. The Morgan fingerprint density at radius 1 is 1.05 bits per heavy atom. The zero-order valence-corrected chi connectivity index (χ0v) is 11.4. The van der Waals surface area contributed by atoms with Gasteiger partial charge in [0, 0.05) is 12.6 Å². The van der Waals surface area contributed by atoms with E-state index in [1.165, 1.54) is 18.2 Å². The van der Waals surface area contributed by atoms with Crippen LogP contribution in [0.2, 0.25) is 0 Å². The van der Waals surface area contributed by atoms with E-state index in [4.69, 9.17) is 0 Å². The number of hydrogen-bond acceptors (Lipinski definition) is 1. The molecule has 2 aromatic rings. The topological polar surface area (TPSA) is 12.0 Å². The number of benzene rings is 2. The highest BCUT2D eigenvalue weighted by atomic mass is 19.4. The third-order valence-corrected chi connectivity index (χ3v) is 3.22. The highest BCUT2D eigenvalue weighted by Crippen LogP contribution is 2.29. The molecule has 21 heavy (non-hydrogen) atoms. The van der Waals surface area contributed by atoms with Gasteiger partial charge in [-0.3, -0.25) is 0 Å².